The molecule has 0 aromatic carbocycles. The van der Waals surface area contributed by atoms with Crippen molar-refractivity contribution in [1.82, 2.24) is 4.98 Å². The van der Waals surface area contributed by atoms with Crippen LogP contribution in [0.25, 0.3) is 0 Å². The van der Waals surface area contributed by atoms with Crippen LogP contribution in [-0.4, -0.2) is 18.5 Å². The Bertz CT molecular complexity index is 408. The number of hydrogen-bond donors (Lipinski definition) is 1. The number of pyridine rings is 1. The van der Waals surface area contributed by atoms with Crippen LogP contribution in [0.15, 0.2) is 6.20 Å². The molecule has 9 heteroatoms. The molecule has 0 unspecified atom stereocenters. The van der Waals surface area contributed by atoms with E-state index in [1.54, 1.807) is 0 Å². The number of ether oxygens (including phenoxy) is 2. The maximum atomic E-state index is 12.6. The first kappa shape index (κ1) is 13.3. The first-order chi connectivity index (χ1) is 7.76. The van der Waals surface area contributed by atoms with E-state index in [9.17, 15) is 22.0 Å². The Morgan fingerprint density at radius 2 is 1.94 bits per heavy atom. The van der Waals surface area contributed by atoms with Crippen molar-refractivity contribution in [2.24, 2.45) is 0 Å². The van der Waals surface area contributed by atoms with E-state index in [-0.39, 0.29) is 0 Å². The molecule has 0 radical (unpaired) electrons. The second-order valence-electron chi connectivity index (χ2n) is 2.80. The quantitative estimate of drug-likeness (QED) is 0.846. The van der Waals surface area contributed by atoms with Crippen LogP contribution in [0.1, 0.15) is 12.0 Å². The summed E-state index contributed by atoms with van der Waals surface area (Å²) in [7, 11) is 0.921. The van der Waals surface area contributed by atoms with Crippen LogP contribution in [0.3, 0.4) is 0 Å². The van der Waals surface area contributed by atoms with E-state index in [1.807, 2.05) is 0 Å². The minimum atomic E-state index is -5.04. The lowest BCUT2D eigenvalue weighted by atomic mass is 10.2. The van der Waals surface area contributed by atoms with Gasteiger partial charge in [0.05, 0.1) is 13.3 Å². The van der Waals surface area contributed by atoms with Crippen molar-refractivity contribution in [2.75, 3.05) is 12.8 Å². The fraction of sp³-hybridized carbons (Fsp3) is 0.375. The van der Waals surface area contributed by atoms with E-state index in [2.05, 4.69) is 14.5 Å². The fourth-order valence-electron chi connectivity index (χ4n) is 1.12. The molecule has 0 aliphatic heterocycles. The monoisotopic (exact) mass is 258 g/mol. The zero-order valence-corrected chi connectivity index (χ0v) is 8.39. The molecule has 0 bridgehead atoms. The molecule has 2 N–H and O–H groups in total. The molecule has 0 atom stereocenters. The number of aromatic nitrogens is 1. The molecule has 0 spiro atoms. The number of alkyl halides is 5. The van der Waals surface area contributed by atoms with E-state index in [0.717, 1.165) is 7.11 Å². The molecule has 17 heavy (non-hydrogen) atoms. The van der Waals surface area contributed by atoms with Gasteiger partial charge in [0.1, 0.15) is 11.4 Å². The maximum absolute atomic E-state index is 12.6. The highest BCUT2D eigenvalue weighted by molar-refractivity contribution is 5.56. The molecule has 0 aliphatic carbocycles. The molecule has 0 saturated carbocycles. The molecule has 1 rings (SSSR count). The topological polar surface area (TPSA) is 57.4 Å². The minimum absolute atomic E-state index is 0.563. The predicted molar refractivity (Wildman–Crippen MR) is 46.8 cm³/mol. The number of rotatable bonds is 3. The first-order valence-electron chi connectivity index (χ1n) is 4.12. The third-order valence-corrected chi connectivity index (χ3v) is 1.71. The smallest absolute Gasteiger partial charge is 0.492 e. The summed E-state index contributed by atoms with van der Waals surface area (Å²) in [6.45, 7) is 0. The molecule has 0 amide bonds. The van der Waals surface area contributed by atoms with Gasteiger partial charge in [-0.2, -0.15) is 0 Å². The van der Waals surface area contributed by atoms with Crippen molar-refractivity contribution in [3.63, 3.8) is 0 Å². The number of hydrogen-bond acceptors (Lipinski definition) is 4. The van der Waals surface area contributed by atoms with E-state index >= 15 is 0 Å². The molecule has 0 fully saturated rings. The minimum Gasteiger partial charge on any atom is -0.492 e. The van der Waals surface area contributed by atoms with Crippen LogP contribution < -0.4 is 15.2 Å². The summed E-state index contributed by atoms with van der Waals surface area (Å²) < 4.78 is 68.9. The van der Waals surface area contributed by atoms with Crippen molar-refractivity contribution in [3.8, 4) is 11.5 Å². The molecular weight excluding hydrogens is 251 g/mol. The normalized spacial score (nSPS) is 11.7. The van der Waals surface area contributed by atoms with Crippen LogP contribution >= 0.6 is 0 Å². The summed E-state index contributed by atoms with van der Waals surface area (Å²) in [5.41, 5.74) is 4.19. The van der Waals surface area contributed by atoms with Gasteiger partial charge in [0.2, 0.25) is 0 Å². The zero-order valence-electron chi connectivity index (χ0n) is 8.39. The standard InChI is InChI=1S/C8H7F5N2O2/c1-16-5-3(17-8(11,12)13)2-15-7(14)4(5)6(9)10/h2,6H,1H3,(H2,14,15). The predicted octanol–water partition coefficient (Wildman–Crippen LogP) is 2.51. The number of nitrogens with zero attached hydrogens (tertiary/aromatic N) is 1. The van der Waals surface area contributed by atoms with Gasteiger partial charge in [-0.05, 0) is 0 Å². The summed E-state index contributed by atoms with van der Waals surface area (Å²) in [5.74, 6) is -2.37. The van der Waals surface area contributed by atoms with Gasteiger partial charge in [0.25, 0.3) is 6.43 Å². The third kappa shape index (κ3) is 3.08. The fourth-order valence-corrected chi connectivity index (χ4v) is 1.12. The molecule has 4 nitrogen and oxygen atoms in total. The molecule has 0 saturated heterocycles. The average molecular weight is 258 g/mol. The van der Waals surface area contributed by atoms with Crippen molar-refractivity contribution < 1.29 is 31.4 Å². The number of anilines is 1. The number of halogens is 5. The summed E-state index contributed by atoms with van der Waals surface area (Å²) in [5, 5.41) is 0. The maximum Gasteiger partial charge on any atom is 0.573 e. The van der Waals surface area contributed by atoms with Crippen LogP contribution in [-0.2, 0) is 0 Å². The summed E-state index contributed by atoms with van der Waals surface area (Å²) >= 11 is 0. The Morgan fingerprint density at radius 1 is 1.35 bits per heavy atom. The molecule has 1 aromatic rings. The molecule has 1 aromatic heterocycles. The second kappa shape index (κ2) is 4.60. The van der Waals surface area contributed by atoms with E-state index < -0.39 is 35.7 Å². The zero-order chi connectivity index (χ0) is 13.2. The summed E-state index contributed by atoms with van der Waals surface area (Å²) in [6.07, 6.45) is -7.60. The lowest BCUT2D eigenvalue weighted by Gasteiger charge is -2.15. The van der Waals surface area contributed by atoms with Crippen LogP contribution in [0.5, 0.6) is 11.5 Å². The van der Waals surface area contributed by atoms with Gasteiger partial charge in [-0.15, -0.1) is 13.2 Å². The Kier molecular flexibility index (Phi) is 3.59. The highest BCUT2D eigenvalue weighted by atomic mass is 19.4. The average Bonchev–Trinajstić information content (AvgIpc) is 2.17. The van der Waals surface area contributed by atoms with Gasteiger partial charge in [0, 0.05) is 0 Å². The molecule has 96 valence electrons. The number of methoxy groups -OCH3 is 1. The lowest BCUT2D eigenvalue weighted by molar-refractivity contribution is -0.275. The Balaban J connectivity index is 3.28. The first-order valence-corrected chi connectivity index (χ1v) is 4.12. The molecule has 1 heterocycles. The second-order valence-corrected chi connectivity index (χ2v) is 2.80. The van der Waals surface area contributed by atoms with Crippen LogP contribution in [0.4, 0.5) is 27.8 Å². The van der Waals surface area contributed by atoms with Crippen molar-refractivity contribution in [2.45, 2.75) is 12.8 Å². The van der Waals surface area contributed by atoms with Gasteiger partial charge in [-0.25, -0.2) is 13.8 Å². The van der Waals surface area contributed by atoms with Crippen molar-refractivity contribution in [1.29, 1.82) is 0 Å². The highest BCUT2D eigenvalue weighted by Crippen LogP contribution is 2.41. The summed E-state index contributed by atoms with van der Waals surface area (Å²) in [6, 6.07) is 0. The highest BCUT2D eigenvalue weighted by Gasteiger charge is 2.34. The van der Waals surface area contributed by atoms with E-state index in [1.165, 1.54) is 0 Å². The molecule has 0 aliphatic rings. The third-order valence-electron chi connectivity index (χ3n) is 1.71. The van der Waals surface area contributed by atoms with E-state index in [4.69, 9.17) is 5.73 Å². The SMILES string of the molecule is COc1c(OC(F)(F)F)cnc(N)c1C(F)F. The number of nitrogens with two attached hydrogens (primary N) is 1. The Hall–Kier alpha value is -1.80. The number of nitrogen functional groups attached to an aromatic ring is 1. The van der Waals surface area contributed by atoms with Gasteiger partial charge in [-0.1, -0.05) is 0 Å². The molecular formula is C8H7F5N2O2. The van der Waals surface area contributed by atoms with Crippen LogP contribution in [0, 0.1) is 0 Å². The van der Waals surface area contributed by atoms with Crippen molar-refractivity contribution >= 4 is 5.82 Å². The van der Waals surface area contributed by atoms with Crippen LogP contribution in [0.2, 0.25) is 0 Å². The van der Waals surface area contributed by atoms with Gasteiger partial charge >= 0.3 is 6.36 Å². The Morgan fingerprint density at radius 3 is 2.35 bits per heavy atom. The lowest BCUT2D eigenvalue weighted by Crippen LogP contribution is -2.18. The largest absolute Gasteiger partial charge is 0.573 e. The Labute approximate surface area is 92.1 Å². The van der Waals surface area contributed by atoms with Crippen molar-refractivity contribution in [3.05, 3.63) is 11.8 Å². The summed E-state index contributed by atoms with van der Waals surface area (Å²) in [4.78, 5) is 3.19. The van der Waals surface area contributed by atoms with Gasteiger partial charge in [-0.3, -0.25) is 0 Å². The van der Waals surface area contributed by atoms with E-state index in [0.29, 0.717) is 6.20 Å². The van der Waals surface area contributed by atoms with Gasteiger partial charge < -0.3 is 15.2 Å². The van der Waals surface area contributed by atoms with Gasteiger partial charge in [0.15, 0.2) is 11.5 Å².